The maximum absolute atomic E-state index is 10.7. The van der Waals surface area contributed by atoms with E-state index in [1.807, 2.05) is 18.2 Å². The van der Waals surface area contributed by atoms with E-state index < -0.39 is 0 Å². The molecule has 2 fully saturated rings. The van der Waals surface area contributed by atoms with Crippen LogP contribution < -0.4 is 0 Å². The molecule has 114 valence electrons. The van der Waals surface area contributed by atoms with E-state index in [0.29, 0.717) is 5.92 Å². The zero-order valence-electron chi connectivity index (χ0n) is 12.6. The zero-order valence-corrected chi connectivity index (χ0v) is 12.6. The van der Waals surface area contributed by atoms with Crippen LogP contribution in [0.1, 0.15) is 24.8 Å². The lowest BCUT2D eigenvalue weighted by atomic mass is 9.81. The van der Waals surface area contributed by atoms with E-state index in [-0.39, 0.29) is 6.10 Å². The van der Waals surface area contributed by atoms with Gasteiger partial charge in [-0.3, -0.25) is 4.90 Å². The topological polar surface area (TPSA) is 32.7 Å². The van der Waals surface area contributed by atoms with Crippen molar-refractivity contribution in [2.75, 3.05) is 32.8 Å². The summed E-state index contributed by atoms with van der Waals surface area (Å²) in [6.07, 6.45) is 5.23. The Morgan fingerprint density at radius 1 is 1.19 bits per heavy atom. The van der Waals surface area contributed by atoms with Gasteiger partial charge in [-0.15, -0.1) is 0 Å². The van der Waals surface area contributed by atoms with Gasteiger partial charge in [-0.1, -0.05) is 36.4 Å². The molecule has 2 atom stereocenters. The molecule has 3 heteroatoms. The van der Waals surface area contributed by atoms with Crippen LogP contribution in [0.3, 0.4) is 0 Å². The number of benzene rings is 1. The van der Waals surface area contributed by atoms with E-state index in [4.69, 9.17) is 4.74 Å². The Hall–Kier alpha value is -1.16. The minimum Gasteiger partial charge on any atom is -0.388 e. The molecule has 1 aliphatic heterocycles. The second kappa shape index (κ2) is 7.21. The maximum Gasteiger partial charge on any atom is 0.0793 e. The minimum atomic E-state index is -0.290. The summed E-state index contributed by atoms with van der Waals surface area (Å²) in [6.45, 7) is 4.66. The Morgan fingerprint density at radius 2 is 1.95 bits per heavy atom. The van der Waals surface area contributed by atoms with Gasteiger partial charge in [0.05, 0.1) is 19.3 Å². The van der Waals surface area contributed by atoms with Crippen LogP contribution in [-0.4, -0.2) is 49.0 Å². The van der Waals surface area contributed by atoms with Crippen molar-refractivity contribution in [1.82, 2.24) is 4.90 Å². The first-order valence-corrected chi connectivity index (χ1v) is 8.06. The predicted molar refractivity (Wildman–Crippen MR) is 85.0 cm³/mol. The quantitative estimate of drug-likeness (QED) is 0.927. The molecule has 0 unspecified atom stereocenters. The molecule has 1 saturated heterocycles. The van der Waals surface area contributed by atoms with Crippen LogP contribution in [0.15, 0.2) is 35.9 Å². The molecule has 0 bridgehead atoms. The molecule has 1 aliphatic carbocycles. The molecule has 0 amide bonds. The van der Waals surface area contributed by atoms with Gasteiger partial charge in [0.2, 0.25) is 0 Å². The molecule has 1 aromatic carbocycles. The van der Waals surface area contributed by atoms with E-state index in [9.17, 15) is 5.11 Å². The summed E-state index contributed by atoms with van der Waals surface area (Å²) in [5, 5.41) is 10.7. The van der Waals surface area contributed by atoms with Crippen LogP contribution in [0.2, 0.25) is 0 Å². The van der Waals surface area contributed by atoms with Crippen LogP contribution in [0, 0.1) is 5.92 Å². The first kappa shape index (κ1) is 14.8. The smallest absolute Gasteiger partial charge is 0.0793 e. The van der Waals surface area contributed by atoms with E-state index in [2.05, 4.69) is 23.1 Å². The van der Waals surface area contributed by atoms with Crippen molar-refractivity contribution in [2.24, 2.45) is 5.92 Å². The second-order valence-corrected chi connectivity index (χ2v) is 6.14. The van der Waals surface area contributed by atoms with Crippen LogP contribution in [0.25, 0.3) is 6.08 Å². The lowest BCUT2D eigenvalue weighted by Gasteiger charge is -2.36. The monoisotopic (exact) mass is 287 g/mol. The van der Waals surface area contributed by atoms with Gasteiger partial charge in [-0.2, -0.15) is 0 Å². The third kappa shape index (κ3) is 3.94. The molecule has 1 aromatic rings. The zero-order chi connectivity index (χ0) is 14.5. The van der Waals surface area contributed by atoms with Crippen LogP contribution in [0.5, 0.6) is 0 Å². The number of hydrogen-bond acceptors (Lipinski definition) is 3. The van der Waals surface area contributed by atoms with Crippen molar-refractivity contribution in [3.05, 3.63) is 41.5 Å². The fourth-order valence-electron chi connectivity index (χ4n) is 3.40. The molecule has 3 nitrogen and oxygen atoms in total. The van der Waals surface area contributed by atoms with Gasteiger partial charge in [0, 0.05) is 25.6 Å². The average Bonchev–Trinajstić information content (AvgIpc) is 2.53. The van der Waals surface area contributed by atoms with Crippen molar-refractivity contribution >= 4 is 6.08 Å². The van der Waals surface area contributed by atoms with Gasteiger partial charge in [-0.05, 0) is 30.4 Å². The molecule has 1 N–H and O–H groups in total. The molecule has 0 spiro atoms. The highest BCUT2D eigenvalue weighted by atomic mass is 16.5. The van der Waals surface area contributed by atoms with Crippen molar-refractivity contribution in [3.63, 3.8) is 0 Å². The first-order chi connectivity index (χ1) is 10.3. The van der Waals surface area contributed by atoms with Crippen molar-refractivity contribution < 1.29 is 9.84 Å². The number of aliphatic hydroxyl groups excluding tert-OH is 1. The SMILES string of the molecule is O[C@H]1/C(=C/c2ccccc2)CCC[C@@H]1CN1CCOCC1. The van der Waals surface area contributed by atoms with E-state index in [0.717, 1.165) is 45.7 Å². The summed E-state index contributed by atoms with van der Waals surface area (Å²) in [7, 11) is 0. The van der Waals surface area contributed by atoms with Gasteiger partial charge in [0.25, 0.3) is 0 Å². The number of rotatable bonds is 3. The lowest BCUT2D eigenvalue weighted by Crippen LogP contribution is -2.43. The Bertz CT molecular complexity index is 465. The van der Waals surface area contributed by atoms with E-state index in [1.165, 1.54) is 17.6 Å². The molecule has 1 saturated carbocycles. The summed E-state index contributed by atoms with van der Waals surface area (Å²) in [5.74, 6) is 0.367. The summed E-state index contributed by atoms with van der Waals surface area (Å²) in [6, 6.07) is 10.3. The average molecular weight is 287 g/mol. The largest absolute Gasteiger partial charge is 0.388 e. The van der Waals surface area contributed by atoms with Crippen LogP contribution in [-0.2, 0) is 4.74 Å². The molecule has 0 radical (unpaired) electrons. The van der Waals surface area contributed by atoms with Gasteiger partial charge in [0.15, 0.2) is 0 Å². The summed E-state index contributed by atoms with van der Waals surface area (Å²) in [4.78, 5) is 2.43. The summed E-state index contributed by atoms with van der Waals surface area (Å²) >= 11 is 0. The van der Waals surface area contributed by atoms with E-state index in [1.54, 1.807) is 0 Å². The Balaban J connectivity index is 1.65. The number of hydrogen-bond donors (Lipinski definition) is 1. The molecular weight excluding hydrogens is 262 g/mol. The Kier molecular flexibility index (Phi) is 5.07. The number of aliphatic hydroxyl groups is 1. The highest BCUT2D eigenvalue weighted by Gasteiger charge is 2.29. The fourth-order valence-corrected chi connectivity index (χ4v) is 3.40. The van der Waals surface area contributed by atoms with Gasteiger partial charge in [0.1, 0.15) is 0 Å². The Labute approximate surface area is 127 Å². The van der Waals surface area contributed by atoms with Gasteiger partial charge in [-0.25, -0.2) is 0 Å². The third-order valence-electron chi connectivity index (χ3n) is 4.61. The number of nitrogens with zero attached hydrogens (tertiary/aromatic N) is 1. The third-order valence-corrected chi connectivity index (χ3v) is 4.61. The highest BCUT2D eigenvalue weighted by Crippen LogP contribution is 2.31. The Morgan fingerprint density at radius 3 is 2.71 bits per heavy atom. The van der Waals surface area contributed by atoms with Crippen LogP contribution >= 0.6 is 0 Å². The summed E-state index contributed by atoms with van der Waals surface area (Å²) in [5.41, 5.74) is 2.39. The molecule has 21 heavy (non-hydrogen) atoms. The molecule has 1 heterocycles. The van der Waals surface area contributed by atoms with Crippen molar-refractivity contribution in [3.8, 4) is 0 Å². The minimum absolute atomic E-state index is 0.290. The lowest BCUT2D eigenvalue weighted by molar-refractivity contribution is 0.0126. The summed E-state index contributed by atoms with van der Waals surface area (Å²) < 4.78 is 5.40. The fraction of sp³-hybridized carbons (Fsp3) is 0.556. The number of morpholine rings is 1. The number of ether oxygens (including phenoxy) is 1. The second-order valence-electron chi connectivity index (χ2n) is 6.14. The van der Waals surface area contributed by atoms with Gasteiger partial charge < -0.3 is 9.84 Å². The van der Waals surface area contributed by atoms with Crippen molar-refractivity contribution in [2.45, 2.75) is 25.4 Å². The molecule has 0 aromatic heterocycles. The maximum atomic E-state index is 10.7. The van der Waals surface area contributed by atoms with Crippen molar-refractivity contribution in [1.29, 1.82) is 0 Å². The van der Waals surface area contributed by atoms with Gasteiger partial charge >= 0.3 is 0 Å². The van der Waals surface area contributed by atoms with E-state index >= 15 is 0 Å². The standard InChI is InChI=1S/C18H25NO2/c20-18-16(13-15-5-2-1-3-6-15)7-4-8-17(18)14-19-9-11-21-12-10-19/h1-3,5-6,13,17-18,20H,4,7-12,14H2/b16-13+/t17-,18+/m1/s1. The normalized spacial score (nSPS) is 29.7. The molecule has 2 aliphatic rings. The molecular formula is C18H25NO2. The first-order valence-electron chi connectivity index (χ1n) is 8.06. The predicted octanol–water partition coefficient (Wildman–Crippen LogP) is 2.56. The highest BCUT2D eigenvalue weighted by molar-refractivity contribution is 5.54. The molecule has 3 rings (SSSR count). The van der Waals surface area contributed by atoms with Crippen LogP contribution in [0.4, 0.5) is 0 Å².